The van der Waals surface area contributed by atoms with Gasteiger partial charge in [0.1, 0.15) is 5.75 Å². The summed E-state index contributed by atoms with van der Waals surface area (Å²) in [6.07, 6.45) is 2.52. The monoisotopic (exact) mass is 423 g/mol. The van der Waals surface area contributed by atoms with Crippen LogP contribution in [0.25, 0.3) is 0 Å². The van der Waals surface area contributed by atoms with Crippen LogP contribution in [0.2, 0.25) is 0 Å². The highest BCUT2D eigenvalue weighted by Gasteiger charge is 2.37. The lowest BCUT2D eigenvalue weighted by molar-refractivity contribution is -0.147. The van der Waals surface area contributed by atoms with Crippen molar-refractivity contribution in [2.75, 3.05) is 19.7 Å². The molecule has 1 amide bonds. The standard InChI is InChI=1S/C25H29NO5/c1-3-30-23(28)18-25(13-15-26(16-14-25)19(2)27)17-20-9-11-22(12-10-20)31-24(29)21-7-5-4-6-8-21/h4-12H,3,13-18H2,1-2H3. The molecular weight excluding hydrogens is 394 g/mol. The highest BCUT2D eigenvalue weighted by Crippen LogP contribution is 2.39. The van der Waals surface area contributed by atoms with Crippen LogP contribution in [0, 0.1) is 5.41 Å². The van der Waals surface area contributed by atoms with E-state index in [0.717, 1.165) is 18.4 Å². The van der Waals surface area contributed by atoms with E-state index in [0.29, 0.717) is 43.9 Å². The third-order valence-electron chi connectivity index (χ3n) is 5.82. The van der Waals surface area contributed by atoms with E-state index in [-0.39, 0.29) is 17.3 Å². The number of nitrogens with zero attached hydrogens (tertiary/aromatic N) is 1. The molecule has 31 heavy (non-hydrogen) atoms. The molecule has 0 aliphatic carbocycles. The molecule has 164 valence electrons. The van der Waals surface area contributed by atoms with Crippen LogP contribution in [-0.2, 0) is 20.7 Å². The van der Waals surface area contributed by atoms with E-state index >= 15 is 0 Å². The first-order chi connectivity index (χ1) is 14.9. The fourth-order valence-electron chi connectivity index (χ4n) is 4.08. The molecule has 0 spiro atoms. The second kappa shape index (κ2) is 10.2. The minimum absolute atomic E-state index is 0.0642. The third-order valence-corrected chi connectivity index (χ3v) is 5.82. The molecule has 1 aliphatic rings. The van der Waals surface area contributed by atoms with Crippen molar-refractivity contribution in [1.82, 2.24) is 4.90 Å². The highest BCUT2D eigenvalue weighted by atomic mass is 16.5. The Balaban J connectivity index is 1.68. The number of piperidine rings is 1. The van der Waals surface area contributed by atoms with Crippen molar-refractivity contribution in [1.29, 1.82) is 0 Å². The maximum absolute atomic E-state index is 12.3. The Morgan fingerprint density at radius 3 is 2.19 bits per heavy atom. The van der Waals surface area contributed by atoms with Gasteiger partial charge in [-0.05, 0) is 61.4 Å². The SMILES string of the molecule is CCOC(=O)CC1(Cc2ccc(OC(=O)c3ccccc3)cc2)CCN(C(C)=O)CC1. The van der Waals surface area contributed by atoms with Crippen LogP contribution in [0.3, 0.4) is 0 Å². The van der Waals surface area contributed by atoms with Crippen molar-refractivity contribution in [2.24, 2.45) is 5.41 Å². The summed E-state index contributed by atoms with van der Waals surface area (Å²) >= 11 is 0. The molecule has 1 aliphatic heterocycles. The van der Waals surface area contributed by atoms with E-state index in [1.807, 2.05) is 23.1 Å². The van der Waals surface area contributed by atoms with Crippen LogP contribution >= 0.6 is 0 Å². The Bertz CT molecular complexity index is 899. The van der Waals surface area contributed by atoms with Gasteiger partial charge in [0, 0.05) is 20.0 Å². The van der Waals surface area contributed by atoms with Gasteiger partial charge in [-0.25, -0.2) is 4.79 Å². The van der Waals surface area contributed by atoms with Gasteiger partial charge < -0.3 is 14.4 Å². The molecule has 2 aromatic carbocycles. The first-order valence-electron chi connectivity index (χ1n) is 10.7. The largest absolute Gasteiger partial charge is 0.466 e. The van der Waals surface area contributed by atoms with Crippen molar-refractivity contribution in [2.45, 2.75) is 39.5 Å². The van der Waals surface area contributed by atoms with Gasteiger partial charge in [0.05, 0.1) is 18.6 Å². The zero-order valence-corrected chi connectivity index (χ0v) is 18.1. The lowest BCUT2D eigenvalue weighted by atomic mass is 9.71. The number of hydrogen-bond donors (Lipinski definition) is 0. The number of likely N-dealkylation sites (tertiary alicyclic amines) is 1. The van der Waals surface area contributed by atoms with E-state index in [9.17, 15) is 14.4 Å². The number of carbonyl (C=O) groups excluding carboxylic acids is 3. The molecular formula is C25H29NO5. The van der Waals surface area contributed by atoms with Gasteiger partial charge in [-0.3, -0.25) is 9.59 Å². The summed E-state index contributed by atoms with van der Waals surface area (Å²) in [6.45, 7) is 5.02. The van der Waals surface area contributed by atoms with Gasteiger partial charge in [0.2, 0.25) is 5.91 Å². The summed E-state index contributed by atoms with van der Waals surface area (Å²) in [7, 11) is 0. The van der Waals surface area contributed by atoms with Crippen LogP contribution in [0.15, 0.2) is 54.6 Å². The molecule has 0 aromatic heterocycles. The molecule has 1 heterocycles. The number of carbonyl (C=O) groups is 3. The summed E-state index contributed by atoms with van der Waals surface area (Å²) < 4.78 is 10.7. The van der Waals surface area contributed by atoms with E-state index in [2.05, 4.69) is 0 Å². The molecule has 6 heteroatoms. The Kier molecular flexibility index (Phi) is 7.45. The van der Waals surface area contributed by atoms with Crippen LogP contribution < -0.4 is 4.74 Å². The lowest BCUT2D eigenvalue weighted by Gasteiger charge is -2.41. The minimum Gasteiger partial charge on any atom is -0.466 e. The highest BCUT2D eigenvalue weighted by molar-refractivity contribution is 5.90. The predicted octanol–water partition coefficient (Wildman–Crippen LogP) is 4.03. The maximum Gasteiger partial charge on any atom is 0.343 e. The van der Waals surface area contributed by atoms with Crippen molar-refractivity contribution in [3.05, 3.63) is 65.7 Å². The van der Waals surface area contributed by atoms with E-state index in [4.69, 9.17) is 9.47 Å². The smallest absolute Gasteiger partial charge is 0.343 e. The number of benzene rings is 2. The quantitative estimate of drug-likeness (QED) is 0.497. The van der Waals surface area contributed by atoms with Gasteiger partial charge >= 0.3 is 11.9 Å². The topological polar surface area (TPSA) is 72.9 Å². The Morgan fingerprint density at radius 2 is 1.61 bits per heavy atom. The van der Waals surface area contributed by atoms with Crippen LogP contribution in [0.1, 0.15) is 49.0 Å². The van der Waals surface area contributed by atoms with Gasteiger partial charge in [-0.2, -0.15) is 0 Å². The van der Waals surface area contributed by atoms with Crippen LogP contribution in [0.4, 0.5) is 0 Å². The number of esters is 2. The summed E-state index contributed by atoms with van der Waals surface area (Å²) in [4.78, 5) is 38.0. The molecule has 0 saturated carbocycles. The molecule has 6 nitrogen and oxygen atoms in total. The van der Waals surface area contributed by atoms with E-state index in [1.165, 1.54) is 0 Å². The first-order valence-corrected chi connectivity index (χ1v) is 10.7. The molecule has 0 N–H and O–H groups in total. The third kappa shape index (κ3) is 6.17. The molecule has 0 bridgehead atoms. The number of hydrogen-bond acceptors (Lipinski definition) is 5. The number of amides is 1. The Morgan fingerprint density at radius 1 is 0.968 bits per heavy atom. The Hall–Kier alpha value is -3.15. The van der Waals surface area contributed by atoms with E-state index in [1.54, 1.807) is 50.2 Å². The van der Waals surface area contributed by atoms with Gasteiger partial charge in [-0.1, -0.05) is 30.3 Å². The molecule has 0 radical (unpaired) electrons. The summed E-state index contributed by atoms with van der Waals surface area (Å²) in [5.74, 6) is -0.0614. The van der Waals surface area contributed by atoms with Crippen molar-refractivity contribution in [3.8, 4) is 5.75 Å². The number of ether oxygens (including phenoxy) is 2. The molecule has 0 unspecified atom stereocenters. The minimum atomic E-state index is -0.399. The number of rotatable bonds is 7. The molecule has 3 rings (SSSR count). The zero-order valence-electron chi connectivity index (χ0n) is 18.1. The summed E-state index contributed by atoms with van der Waals surface area (Å²) in [6, 6.07) is 16.3. The normalized spacial score (nSPS) is 15.2. The molecule has 0 atom stereocenters. The van der Waals surface area contributed by atoms with Gasteiger partial charge in [0.25, 0.3) is 0 Å². The fourth-order valence-corrected chi connectivity index (χ4v) is 4.08. The fraction of sp³-hybridized carbons (Fsp3) is 0.400. The average Bonchev–Trinajstić information content (AvgIpc) is 2.76. The molecule has 1 fully saturated rings. The lowest BCUT2D eigenvalue weighted by Crippen LogP contribution is -2.44. The predicted molar refractivity (Wildman–Crippen MR) is 117 cm³/mol. The van der Waals surface area contributed by atoms with Crippen LogP contribution in [-0.4, -0.2) is 42.4 Å². The maximum atomic E-state index is 12.3. The van der Waals surface area contributed by atoms with Gasteiger partial charge in [0.15, 0.2) is 0 Å². The van der Waals surface area contributed by atoms with Gasteiger partial charge in [-0.15, -0.1) is 0 Å². The summed E-state index contributed by atoms with van der Waals surface area (Å²) in [5.41, 5.74) is 1.30. The molecule has 1 saturated heterocycles. The van der Waals surface area contributed by atoms with Crippen molar-refractivity contribution in [3.63, 3.8) is 0 Å². The summed E-state index contributed by atoms with van der Waals surface area (Å²) in [5, 5.41) is 0. The van der Waals surface area contributed by atoms with Crippen molar-refractivity contribution < 1.29 is 23.9 Å². The average molecular weight is 424 g/mol. The molecule has 2 aromatic rings. The second-order valence-corrected chi connectivity index (χ2v) is 8.06. The van der Waals surface area contributed by atoms with Crippen LogP contribution in [0.5, 0.6) is 5.75 Å². The first kappa shape index (κ1) is 22.5. The zero-order chi connectivity index (χ0) is 22.3. The van der Waals surface area contributed by atoms with Crippen molar-refractivity contribution >= 4 is 17.8 Å². The van der Waals surface area contributed by atoms with E-state index < -0.39 is 5.97 Å². The second-order valence-electron chi connectivity index (χ2n) is 8.06. The Labute approximate surface area is 183 Å².